The molecule has 0 aliphatic carbocycles. The molecule has 2 aliphatic rings. The summed E-state index contributed by atoms with van der Waals surface area (Å²) < 4.78 is 5.33. The molecule has 22 heavy (non-hydrogen) atoms. The van der Waals surface area contributed by atoms with Gasteiger partial charge in [-0.1, -0.05) is 12.1 Å². The molecule has 5 nitrogen and oxygen atoms in total. The van der Waals surface area contributed by atoms with Crippen LogP contribution in [0.15, 0.2) is 24.3 Å². The molecule has 116 valence electrons. The first-order chi connectivity index (χ1) is 10.8. The Bertz CT molecular complexity index is 576. The van der Waals surface area contributed by atoms with E-state index < -0.39 is 0 Å². The maximum absolute atomic E-state index is 12.5. The van der Waals surface area contributed by atoms with E-state index in [2.05, 4.69) is 11.0 Å². The first-order valence-electron chi connectivity index (χ1n) is 7.90. The van der Waals surface area contributed by atoms with E-state index in [1.165, 1.54) is 0 Å². The minimum atomic E-state index is 0.0398. The predicted molar refractivity (Wildman–Crippen MR) is 83.5 cm³/mol. The summed E-state index contributed by atoms with van der Waals surface area (Å²) in [5.41, 5.74) is 1.68. The Hall–Kier alpha value is -2.06. The van der Waals surface area contributed by atoms with Crippen LogP contribution >= 0.6 is 0 Å². The first-order valence-corrected chi connectivity index (χ1v) is 7.90. The molecule has 0 radical (unpaired) electrons. The Balaban J connectivity index is 1.67. The number of amides is 1. The molecule has 5 heteroatoms. The topological polar surface area (TPSA) is 56.6 Å². The number of nitriles is 1. The molecule has 2 aliphatic heterocycles. The van der Waals surface area contributed by atoms with Gasteiger partial charge in [0.25, 0.3) is 0 Å². The van der Waals surface area contributed by atoms with Gasteiger partial charge in [-0.15, -0.1) is 0 Å². The lowest BCUT2D eigenvalue weighted by Gasteiger charge is -2.25. The summed E-state index contributed by atoms with van der Waals surface area (Å²) in [6.45, 7) is 4.43. The van der Waals surface area contributed by atoms with Crippen molar-refractivity contribution in [2.45, 2.75) is 12.8 Å². The van der Waals surface area contributed by atoms with Gasteiger partial charge >= 0.3 is 0 Å². The minimum Gasteiger partial charge on any atom is -0.381 e. The highest BCUT2D eigenvalue weighted by Gasteiger charge is 2.29. The van der Waals surface area contributed by atoms with Gasteiger partial charge in [0.05, 0.1) is 23.8 Å². The van der Waals surface area contributed by atoms with Crippen molar-refractivity contribution in [3.8, 4) is 6.07 Å². The molecule has 2 heterocycles. The predicted octanol–water partition coefficient (Wildman–Crippen LogP) is 1.63. The van der Waals surface area contributed by atoms with Gasteiger partial charge in [-0.25, -0.2) is 0 Å². The van der Waals surface area contributed by atoms with Crippen molar-refractivity contribution in [3.05, 3.63) is 29.8 Å². The monoisotopic (exact) mass is 299 g/mol. The zero-order chi connectivity index (χ0) is 15.4. The van der Waals surface area contributed by atoms with Crippen LogP contribution < -0.4 is 4.90 Å². The number of carbonyl (C=O) groups excluding carboxylic acids is 1. The standard InChI is InChI=1S/C17H21N3O2/c18-12-14-4-1-2-5-16(14)19-7-3-8-20(10-9-19)17(21)15-6-11-22-13-15/h1-2,4-5,15H,3,6-11,13H2/t15-/m0/s1. The Morgan fingerprint density at radius 3 is 2.86 bits per heavy atom. The number of anilines is 1. The maximum atomic E-state index is 12.5. The second-order valence-corrected chi connectivity index (χ2v) is 5.86. The normalized spacial score (nSPS) is 22.2. The fourth-order valence-electron chi connectivity index (χ4n) is 3.21. The van der Waals surface area contributed by atoms with Crippen LogP contribution in [0.1, 0.15) is 18.4 Å². The van der Waals surface area contributed by atoms with E-state index in [-0.39, 0.29) is 11.8 Å². The number of rotatable bonds is 2. The fraction of sp³-hybridized carbons (Fsp3) is 0.529. The lowest BCUT2D eigenvalue weighted by molar-refractivity contribution is -0.135. The number of hydrogen-bond acceptors (Lipinski definition) is 4. The molecule has 0 aromatic heterocycles. The Morgan fingerprint density at radius 1 is 1.23 bits per heavy atom. The summed E-state index contributed by atoms with van der Waals surface area (Å²) >= 11 is 0. The molecule has 0 saturated carbocycles. The minimum absolute atomic E-state index is 0.0398. The number of ether oxygens (including phenoxy) is 1. The van der Waals surface area contributed by atoms with Crippen LogP contribution in [-0.2, 0) is 9.53 Å². The van der Waals surface area contributed by atoms with Crippen molar-refractivity contribution in [1.82, 2.24) is 4.90 Å². The van der Waals surface area contributed by atoms with Crippen molar-refractivity contribution in [3.63, 3.8) is 0 Å². The van der Waals surface area contributed by atoms with Crippen LogP contribution in [0.25, 0.3) is 0 Å². The van der Waals surface area contributed by atoms with Gasteiger partial charge in [0.2, 0.25) is 5.91 Å². The number of para-hydroxylation sites is 1. The molecule has 2 saturated heterocycles. The third-order valence-corrected chi connectivity index (χ3v) is 4.45. The molecule has 1 amide bonds. The molecule has 3 rings (SSSR count). The second kappa shape index (κ2) is 6.80. The summed E-state index contributed by atoms with van der Waals surface area (Å²) in [5.74, 6) is 0.269. The van der Waals surface area contributed by atoms with Crippen molar-refractivity contribution in [2.24, 2.45) is 5.92 Å². The largest absolute Gasteiger partial charge is 0.381 e. The van der Waals surface area contributed by atoms with E-state index in [1.807, 2.05) is 29.2 Å². The van der Waals surface area contributed by atoms with E-state index in [4.69, 9.17) is 4.74 Å². The molecule has 0 N–H and O–H groups in total. The number of hydrogen-bond donors (Lipinski definition) is 0. The average molecular weight is 299 g/mol. The Kier molecular flexibility index (Phi) is 4.59. The van der Waals surface area contributed by atoms with Gasteiger partial charge in [0, 0.05) is 32.8 Å². The molecule has 0 spiro atoms. The van der Waals surface area contributed by atoms with E-state index >= 15 is 0 Å². The van der Waals surface area contributed by atoms with E-state index in [0.717, 1.165) is 44.7 Å². The Morgan fingerprint density at radius 2 is 2.09 bits per heavy atom. The van der Waals surface area contributed by atoms with Crippen molar-refractivity contribution in [1.29, 1.82) is 5.26 Å². The van der Waals surface area contributed by atoms with Crippen LogP contribution in [-0.4, -0.2) is 50.2 Å². The maximum Gasteiger partial charge on any atom is 0.228 e. The third kappa shape index (κ3) is 3.07. The molecule has 1 aromatic rings. The van der Waals surface area contributed by atoms with Gasteiger partial charge in [0.1, 0.15) is 6.07 Å². The second-order valence-electron chi connectivity index (χ2n) is 5.86. The van der Waals surface area contributed by atoms with E-state index in [0.29, 0.717) is 18.8 Å². The van der Waals surface area contributed by atoms with Crippen LogP contribution in [0.5, 0.6) is 0 Å². The van der Waals surface area contributed by atoms with Crippen LogP contribution in [0.4, 0.5) is 5.69 Å². The average Bonchev–Trinajstić information content (AvgIpc) is 2.99. The van der Waals surface area contributed by atoms with Crippen molar-refractivity contribution >= 4 is 11.6 Å². The fourth-order valence-corrected chi connectivity index (χ4v) is 3.21. The van der Waals surface area contributed by atoms with E-state index in [9.17, 15) is 10.1 Å². The smallest absolute Gasteiger partial charge is 0.228 e. The van der Waals surface area contributed by atoms with Crippen molar-refractivity contribution in [2.75, 3.05) is 44.3 Å². The number of nitrogens with zero attached hydrogens (tertiary/aromatic N) is 3. The summed E-state index contributed by atoms with van der Waals surface area (Å²) in [6, 6.07) is 9.93. The molecular weight excluding hydrogens is 278 g/mol. The zero-order valence-electron chi connectivity index (χ0n) is 12.7. The number of benzene rings is 1. The van der Waals surface area contributed by atoms with Crippen molar-refractivity contribution < 1.29 is 9.53 Å². The van der Waals surface area contributed by atoms with Crippen LogP contribution in [0.2, 0.25) is 0 Å². The zero-order valence-corrected chi connectivity index (χ0v) is 12.7. The third-order valence-electron chi connectivity index (χ3n) is 4.45. The van der Waals surface area contributed by atoms with E-state index in [1.54, 1.807) is 0 Å². The lowest BCUT2D eigenvalue weighted by Crippen LogP contribution is -2.39. The molecule has 2 fully saturated rings. The molecule has 1 atom stereocenters. The highest BCUT2D eigenvalue weighted by molar-refractivity contribution is 5.79. The van der Waals surface area contributed by atoms with Gasteiger partial charge < -0.3 is 14.5 Å². The SMILES string of the molecule is N#Cc1ccccc1N1CCCN(C(=O)[C@H]2CCOC2)CC1. The summed E-state index contributed by atoms with van der Waals surface area (Å²) in [4.78, 5) is 16.7. The molecule has 1 aromatic carbocycles. The van der Waals surface area contributed by atoms with Gasteiger partial charge in [-0.2, -0.15) is 5.26 Å². The first kappa shape index (κ1) is 14.9. The molecular formula is C17H21N3O2. The van der Waals surface area contributed by atoms with Crippen LogP contribution in [0, 0.1) is 17.2 Å². The highest BCUT2D eigenvalue weighted by atomic mass is 16.5. The Labute approximate surface area is 131 Å². The van der Waals surface area contributed by atoms with Crippen LogP contribution in [0.3, 0.4) is 0 Å². The number of carbonyl (C=O) groups is 1. The summed E-state index contributed by atoms with van der Waals surface area (Å²) in [6.07, 6.45) is 1.77. The quantitative estimate of drug-likeness (QED) is 0.833. The highest BCUT2D eigenvalue weighted by Crippen LogP contribution is 2.22. The molecule has 0 bridgehead atoms. The van der Waals surface area contributed by atoms with Gasteiger partial charge in [0.15, 0.2) is 0 Å². The van der Waals surface area contributed by atoms with Gasteiger partial charge in [-0.3, -0.25) is 4.79 Å². The molecule has 0 unspecified atom stereocenters. The summed E-state index contributed by atoms with van der Waals surface area (Å²) in [5, 5.41) is 9.25. The summed E-state index contributed by atoms with van der Waals surface area (Å²) in [7, 11) is 0. The van der Waals surface area contributed by atoms with Gasteiger partial charge in [-0.05, 0) is 25.0 Å². The lowest BCUT2D eigenvalue weighted by atomic mass is 10.1.